The number of nitrogens with one attached hydrogen (secondary N) is 9. The Morgan fingerprint density at radius 3 is 1.21 bits per heavy atom. The fraction of sp³-hybridized carbons (Fsp3) is 0.657. The summed E-state index contributed by atoms with van der Waals surface area (Å²) in [5.74, 6) is 6.48. The smallest absolute Gasteiger partial charge is 0.315 e. The molecule has 0 spiro atoms. The van der Waals surface area contributed by atoms with Crippen molar-refractivity contribution in [3.8, 4) is 6.26 Å². The minimum atomic E-state index is -0.356. The Morgan fingerprint density at radius 2 is 0.894 bits per heavy atom. The van der Waals surface area contributed by atoms with Crippen molar-refractivity contribution in [2.45, 2.75) is 110 Å². The van der Waals surface area contributed by atoms with Gasteiger partial charge in [0, 0.05) is 26.2 Å². The average Bonchev–Trinajstić information content (AvgIpc) is 3.34. The third-order valence-corrected chi connectivity index (χ3v) is 8.33. The largest absolute Gasteiger partial charge is 0.428 e. The molecule has 0 radical (unpaired) electrons. The predicted octanol–water partition coefficient (Wildman–Crippen LogP) is -1.73. The summed E-state index contributed by atoms with van der Waals surface area (Å²) in [6.07, 6.45) is 13.5. The van der Waals surface area contributed by atoms with E-state index in [0.717, 1.165) is 77.0 Å². The molecule has 3 aromatic rings. The van der Waals surface area contributed by atoms with Gasteiger partial charge >= 0.3 is 24.1 Å². The van der Waals surface area contributed by atoms with Crippen molar-refractivity contribution in [3.63, 3.8) is 0 Å². The summed E-state index contributed by atoms with van der Waals surface area (Å²) in [7, 11) is 0. The lowest BCUT2D eigenvalue weighted by molar-refractivity contribution is 0.238. The fourth-order valence-electron chi connectivity index (χ4n) is 4.93. The number of nitrogens with two attached hydrogens (primary N) is 2. The number of aromatic nitrogens is 12. The molecule has 0 atom stereocenters. The standard InChI is InChI=1S/C24H40N16O4.C8H12N2O2.C3H7N7/c41-21-25-9-5-1-2-6-10-26-22(42)30-14-18-35-39-20(40-36-18)16-32-24(44)28-12-8-4-3-7-11-27-23(43)31-15-19-37-33-17(13-29-21)34-38-19;9-7-12-6-4-2-1-3-5-10-8-11;4-1-2-7-9-3(6-5)10-8-2/h1-16H2,(H2,25,29,41)(H2,26,30,42)(H2,27,31,43)(H2,28,32,44);1-6H2;1,4-5H2,(H,6,9,10). The van der Waals surface area contributed by atoms with Crippen LogP contribution in [0.2, 0.25) is 0 Å². The van der Waals surface area contributed by atoms with Gasteiger partial charge in [-0.25, -0.2) is 34.8 Å². The minimum absolute atomic E-state index is 0.0570. The topological polar surface area (TPSA) is 446 Å². The highest BCUT2D eigenvalue weighted by Crippen LogP contribution is 2.01. The van der Waals surface area contributed by atoms with E-state index in [2.05, 4.69) is 119 Å². The lowest BCUT2D eigenvalue weighted by Gasteiger charge is -2.09. The van der Waals surface area contributed by atoms with Crippen LogP contribution in [0.4, 0.5) is 25.1 Å². The molecule has 0 aliphatic carbocycles. The zero-order chi connectivity index (χ0) is 47.7. The first-order chi connectivity index (χ1) is 32.3. The lowest BCUT2D eigenvalue weighted by atomic mass is 10.2. The first-order valence-electron chi connectivity index (χ1n) is 21.2. The molecule has 0 saturated carbocycles. The van der Waals surface area contributed by atoms with Crippen LogP contribution in [0.5, 0.6) is 0 Å². The molecule has 13 N–H and O–H groups in total. The lowest BCUT2D eigenvalue weighted by Crippen LogP contribution is -2.37. The summed E-state index contributed by atoms with van der Waals surface area (Å²) in [6, 6.07) is -1.43. The number of hydrogen-bond donors (Lipinski definition) is 11. The second-order valence-electron chi connectivity index (χ2n) is 13.5. The number of hydrogen-bond acceptors (Lipinski definition) is 23. The van der Waals surface area contributed by atoms with Gasteiger partial charge in [0.15, 0.2) is 29.1 Å². The Morgan fingerprint density at radius 1 is 0.530 bits per heavy atom. The van der Waals surface area contributed by atoms with Gasteiger partial charge in [0.2, 0.25) is 6.08 Å². The van der Waals surface area contributed by atoms with Gasteiger partial charge in [-0.3, -0.25) is 5.43 Å². The van der Waals surface area contributed by atoms with Gasteiger partial charge in [-0.05, 0) is 44.9 Å². The van der Waals surface area contributed by atoms with Crippen LogP contribution in [0, 0.1) is 11.5 Å². The molecule has 31 nitrogen and oxygen atoms in total. The van der Waals surface area contributed by atoms with Gasteiger partial charge in [-0.15, -0.1) is 61.2 Å². The number of unbranched alkanes of at least 4 members (excludes halogenated alkanes) is 3. The van der Waals surface area contributed by atoms with E-state index in [1.807, 2.05) is 0 Å². The second-order valence-corrected chi connectivity index (χ2v) is 13.5. The van der Waals surface area contributed by atoms with Crippen molar-refractivity contribution in [2.24, 2.45) is 16.6 Å². The van der Waals surface area contributed by atoms with Gasteiger partial charge in [-0.2, -0.15) is 5.26 Å². The van der Waals surface area contributed by atoms with Crippen molar-refractivity contribution in [2.75, 3.05) is 44.8 Å². The van der Waals surface area contributed by atoms with Crippen molar-refractivity contribution in [3.05, 3.63) is 29.1 Å². The van der Waals surface area contributed by atoms with Crippen molar-refractivity contribution < 1.29 is 28.7 Å². The molecule has 7 rings (SSSR count). The number of hydrazine groups is 1. The number of carbonyl (C=O) groups is 4. The van der Waals surface area contributed by atoms with Crippen molar-refractivity contribution in [1.29, 1.82) is 5.26 Å². The number of rotatable bonds is 9. The molecule has 0 aromatic carbocycles. The van der Waals surface area contributed by atoms with E-state index in [4.69, 9.17) is 16.8 Å². The number of ether oxygens (including phenoxy) is 1. The van der Waals surface area contributed by atoms with Crippen LogP contribution >= 0.6 is 0 Å². The van der Waals surface area contributed by atoms with Crippen LogP contribution in [0.15, 0.2) is 4.99 Å². The second kappa shape index (κ2) is 36.7. The van der Waals surface area contributed by atoms with Crippen LogP contribution in [0.3, 0.4) is 0 Å². The molecule has 0 unspecified atom stereocenters. The molecular weight excluding hydrogens is 867 g/mol. The Hall–Kier alpha value is -7.71. The zero-order valence-electron chi connectivity index (χ0n) is 36.6. The maximum Gasteiger partial charge on any atom is 0.315 e. The molecule has 3 aromatic heterocycles. The molecule has 0 saturated heterocycles. The number of nitrogen functional groups attached to an aromatic ring is 1. The highest BCUT2D eigenvalue weighted by Gasteiger charge is 2.09. The van der Waals surface area contributed by atoms with Gasteiger partial charge in [-0.1, -0.05) is 32.1 Å². The van der Waals surface area contributed by atoms with Crippen LogP contribution in [-0.2, 0) is 42.3 Å². The minimum Gasteiger partial charge on any atom is -0.428 e. The number of carbonyl (C=O) groups excluding carboxylic acids is 5. The predicted molar refractivity (Wildman–Crippen MR) is 229 cm³/mol. The van der Waals surface area contributed by atoms with Crippen LogP contribution in [0.1, 0.15) is 106 Å². The highest BCUT2D eigenvalue weighted by molar-refractivity contribution is 5.74. The first-order valence-corrected chi connectivity index (χ1v) is 21.2. The zero-order valence-corrected chi connectivity index (χ0v) is 36.6. The van der Waals surface area contributed by atoms with Crippen LogP contribution in [-0.4, -0.2) is 131 Å². The average molecular weight is 926 g/mol. The van der Waals surface area contributed by atoms with E-state index in [1.165, 1.54) is 6.08 Å². The molecule has 7 heterocycles. The van der Waals surface area contributed by atoms with Gasteiger partial charge < -0.3 is 53.0 Å². The third-order valence-electron chi connectivity index (χ3n) is 8.33. The molecule has 8 amide bonds. The molecule has 0 fully saturated rings. The number of anilines is 1. The van der Waals surface area contributed by atoms with E-state index in [9.17, 15) is 24.0 Å². The summed E-state index contributed by atoms with van der Waals surface area (Å²) in [5, 5.41) is 75.2. The molecular formula is C35H59N25O6. The Balaban J connectivity index is 0.000000552. The summed E-state index contributed by atoms with van der Waals surface area (Å²) in [5.41, 5.74) is 7.37. The van der Waals surface area contributed by atoms with E-state index in [0.29, 0.717) is 45.2 Å². The summed E-state index contributed by atoms with van der Waals surface area (Å²) >= 11 is 0. The Labute approximate surface area is 379 Å². The van der Waals surface area contributed by atoms with Gasteiger partial charge in [0.25, 0.3) is 12.2 Å². The maximum atomic E-state index is 12.0. The summed E-state index contributed by atoms with van der Waals surface area (Å²) < 4.78 is 4.48. The Bertz CT molecular complexity index is 1680. The van der Waals surface area contributed by atoms with Crippen molar-refractivity contribution in [1.82, 2.24) is 104 Å². The molecule has 66 heavy (non-hydrogen) atoms. The Kier molecular flexibility index (Phi) is 30.3. The number of amides is 8. The number of isocyanates is 1. The van der Waals surface area contributed by atoms with E-state index >= 15 is 0 Å². The van der Waals surface area contributed by atoms with Gasteiger partial charge in [0.05, 0.1) is 39.3 Å². The SMILES string of the molecule is N#COCCCCCCN=C=O.NCc1nnc(NN)nn1.O=C1NCCCCCCNC(=O)NCc2nnc(nn2)CNC(=O)NCCCCCCNC(=O)NCc2nnc(nn2)CN1. The monoisotopic (exact) mass is 926 g/mol. The normalized spacial score (nSPS) is 15.0. The third kappa shape index (κ3) is 28.8. The molecule has 4 aliphatic rings. The number of urea groups is 4. The van der Waals surface area contributed by atoms with Crippen LogP contribution in [0.25, 0.3) is 0 Å². The van der Waals surface area contributed by atoms with E-state index in [-0.39, 0.29) is 86.1 Å². The van der Waals surface area contributed by atoms with E-state index in [1.54, 1.807) is 6.26 Å². The van der Waals surface area contributed by atoms with Crippen molar-refractivity contribution >= 4 is 36.2 Å². The maximum absolute atomic E-state index is 12.0. The molecule has 4 bridgehead atoms. The highest BCUT2D eigenvalue weighted by atomic mass is 16.5. The quantitative estimate of drug-likeness (QED) is 0.0284. The fourth-order valence-corrected chi connectivity index (χ4v) is 4.93. The first kappa shape index (κ1) is 54.4. The number of aliphatic imine (C=N–C) groups is 1. The van der Waals surface area contributed by atoms with Gasteiger partial charge in [0.1, 0.15) is 6.61 Å². The van der Waals surface area contributed by atoms with Crippen LogP contribution < -0.4 is 59.5 Å². The number of nitrogens with zero attached hydrogens (tertiary/aromatic N) is 14. The summed E-state index contributed by atoms with van der Waals surface area (Å²) in [6.45, 7) is 3.48. The number of nitriles is 1. The van der Waals surface area contributed by atoms with E-state index < -0.39 is 0 Å². The molecule has 31 heteroatoms. The summed E-state index contributed by atoms with van der Waals surface area (Å²) in [4.78, 5) is 61.0. The molecule has 4 aliphatic heterocycles. The molecule has 360 valence electrons.